The fourth-order valence-corrected chi connectivity index (χ4v) is 8.31. The van der Waals surface area contributed by atoms with Gasteiger partial charge in [-0.1, -0.05) is 173 Å². The Bertz CT molecular complexity index is 1270. The topological polar surface area (TPSA) is 231 Å². The van der Waals surface area contributed by atoms with Crippen molar-refractivity contribution in [1.29, 1.82) is 0 Å². The zero-order valence-corrected chi connectivity index (χ0v) is 41.4. The minimum atomic E-state index is -1.76. The van der Waals surface area contributed by atoms with E-state index >= 15 is 0 Å². The van der Waals surface area contributed by atoms with Gasteiger partial charge in [-0.05, 0) is 38.5 Å². The number of ether oxygens (including phenoxy) is 6. The van der Waals surface area contributed by atoms with Gasteiger partial charge in [0.2, 0.25) is 0 Å². The van der Waals surface area contributed by atoms with E-state index in [1.54, 1.807) is 0 Å². The number of hydrogen-bond acceptors (Lipinski definition) is 15. The molecule has 67 heavy (non-hydrogen) atoms. The highest BCUT2D eigenvalue weighted by Crippen LogP contribution is 2.26. The summed E-state index contributed by atoms with van der Waals surface area (Å²) in [5, 5.41) is 72.1. The molecule has 2 saturated heterocycles. The lowest BCUT2D eigenvalue weighted by Gasteiger charge is -2.42. The molecule has 7 N–H and O–H groups in total. The minimum absolute atomic E-state index is 0.151. The highest BCUT2D eigenvalue weighted by molar-refractivity contribution is 5.70. The summed E-state index contributed by atoms with van der Waals surface area (Å²) >= 11 is 0. The van der Waals surface area contributed by atoms with Crippen molar-refractivity contribution in [3.05, 3.63) is 24.3 Å². The Morgan fingerprint density at radius 1 is 0.478 bits per heavy atom. The van der Waals surface area contributed by atoms with Gasteiger partial charge in [-0.25, -0.2) is 0 Å². The standard InChI is InChI=1S/C52H94O15/c1-3-5-7-9-11-13-15-17-18-19-20-21-23-24-26-28-30-32-34-43(54)62-37-40(65-44(55)35-33-31-29-27-25-22-16-14-12-10-8-6-4-2)38-63-51-50(61)48(59)46(57)42(67-51)39-64-52-49(60)47(58)45(56)41(36-53)66-52/h8,10,14,16,40-42,45-53,56-61H,3-7,9,11-13,15,17-39H2,1-2H3/b10-8-,16-14-. The lowest BCUT2D eigenvalue weighted by molar-refractivity contribution is -0.332. The lowest BCUT2D eigenvalue weighted by atomic mass is 9.98. The predicted octanol–water partition coefficient (Wildman–Crippen LogP) is 7.55. The van der Waals surface area contributed by atoms with Gasteiger partial charge >= 0.3 is 11.9 Å². The first-order chi connectivity index (χ1) is 32.5. The predicted molar refractivity (Wildman–Crippen MR) is 257 cm³/mol. The molecule has 0 saturated carbocycles. The molecule has 0 bridgehead atoms. The van der Waals surface area contributed by atoms with Crippen LogP contribution in [0.4, 0.5) is 0 Å². The number of carbonyl (C=O) groups excluding carboxylic acids is 2. The van der Waals surface area contributed by atoms with Gasteiger partial charge in [-0.3, -0.25) is 9.59 Å². The third-order valence-corrected chi connectivity index (χ3v) is 12.7. The Balaban J connectivity index is 1.78. The summed E-state index contributed by atoms with van der Waals surface area (Å²) < 4.78 is 33.6. The van der Waals surface area contributed by atoms with Gasteiger partial charge < -0.3 is 64.2 Å². The molecule has 0 aromatic rings. The van der Waals surface area contributed by atoms with Crippen LogP contribution in [0.1, 0.15) is 200 Å². The lowest BCUT2D eigenvalue weighted by Crippen LogP contribution is -2.61. The summed E-state index contributed by atoms with van der Waals surface area (Å²) in [6, 6.07) is 0. The molecule has 2 aliphatic rings. The Morgan fingerprint density at radius 3 is 1.45 bits per heavy atom. The fourth-order valence-electron chi connectivity index (χ4n) is 8.31. The van der Waals surface area contributed by atoms with Crippen molar-refractivity contribution >= 4 is 11.9 Å². The van der Waals surface area contributed by atoms with E-state index < -0.39 is 92.7 Å². The second-order valence-corrected chi connectivity index (χ2v) is 18.7. The second kappa shape index (κ2) is 39.7. The SMILES string of the molecule is CCC/C=C\C/C=C\CCCCCCCC(=O)OC(COC(=O)CCCCCCCCCCCCCCCCCCCC)COC1OC(COC2OC(CO)C(O)C(O)C2O)C(O)C(O)C1O. The molecule has 392 valence electrons. The van der Waals surface area contributed by atoms with Crippen molar-refractivity contribution in [3.63, 3.8) is 0 Å². The van der Waals surface area contributed by atoms with E-state index in [0.717, 1.165) is 70.6 Å². The van der Waals surface area contributed by atoms with Crippen LogP contribution in [0.15, 0.2) is 24.3 Å². The van der Waals surface area contributed by atoms with Gasteiger partial charge in [0, 0.05) is 12.8 Å². The van der Waals surface area contributed by atoms with E-state index in [0.29, 0.717) is 12.8 Å². The van der Waals surface area contributed by atoms with E-state index in [2.05, 4.69) is 38.2 Å². The number of unbranched alkanes of at least 4 members (excludes halogenated alkanes) is 23. The molecule has 11 unspecified atom stereocenters. The first kappa shape index (κ1) is 61.1. The number of aliphatic hydroxyl groups excluding tert-OH is 7. The summed E-state index contributed by atoms with van der Waals surface area (Å²) in [5.74, 6) is -0.933. The van der Waals surface area contributed by atoms with Crippen molar-refractivity contribution in [1.82, 2.24) is 0 Å². The third kappa shape index (κ3) is 27.8. The van der Waals surface area contributed by atoms with Gasteiger partial charge in [-0.2, -0.15) is 0 Å². The molecule has 2 aliphatic heterocycles. The number of carbonyl (C=O) groups is 2. The number of aliphatic hydroxyl groups is 7. The monoisotopic (exact) mass is 959 g/mol. The maximum absolute atomic E-state index is 13.0. The number of hydrogen-bond donors (Lipinski definition) is 7. The van der Waals surface area contributed by atoms with Crippen LogP contribution in [0, 0.1) is 0 Å². The maximum atomic E-state index is 13.0. The van der Waals surface area contributed by atoms with E-state index in [9.17, 15) is 45.3 Å². The molecule has 0 amide bonds. The van der Waals surface area contributed by atoms with Crippen molar-refractivity contribution in [2.75, 3.05) is 26.4 Å². The zero-order chi connectivity index (χ0) is 48.9. The molecular formula is C52H94O15. The van der Waals surface area contributed by atoms with Crippen LogP contribution in [-0.4, -0.2) is 142 Å². The largest absolute Gasteiger partial charge is 0.462 e. The molecule has 15 nitrogen and oxygen atoms in total. The molecule has 0 aromatic carbocycles. The van der Waals surface area contributed by atoms with Crippen LogP contribution in [0.3, 0.4) is 0 Å². The van der Waals surface area contributed by atoms with Crippen molar-refractivity contribution in [3.8, 4) is 0 Å². The average molecular weight is 959 g/mol. The van der Waals surface area contributed by atoms with Gasteiger partial charge in [0.05, 0.1) is 19.8 Å². The summed E-state index contributed by atoms with van der Waals surface area (Å²) in [7, 11) is 0. The summed E-state index contributed by atoms with van der Waals surface area (Å²) in [4.78, 5) is 25.8. The molecule has 0 aliphatic carbocycles. The Labute approximate surface area is 403 Å². The van der Waals surface area contributed by atoms with Gasteiger partial charge in [0.15, 0.2) is 18.7 Å². The molecule has 0 radical (unpaired) electrons. The average Bonchev–Trinajstić information content (AvgIpc) is 3.32. The minimum Gasteiger partial charge on any atom is -0.462 e. The van der Waals surface area contributed by atoms with Crippen LogP contribution in [-0.2, 0) is 38.0 Å². The first-order valence-electron chi connectivity index (χ1n) is 26.4. The summed E-state index contributed by atoms with van der Waals surface area (Å²) in [6.07, 6.45) is 23.5. The van der Waals surface area contributed by atoms with Crippen LogP contribution in [0.2, 0.25) is 0 Å². The van der Waals surface area contributed by atoms with Crippen LogP contribution in [0.25, 0.3) is 0 Å². The Morgan fingerprint density at radius 2 is 0.925 bits per heavy atom. The first-order valence-corrected chi connectivity index (χ1v) is 26.4. The smallest absolute Gasteiger partial charge is 0.306 e. The normalized spacial score (nSPS) is 26.1. The van der Waals surface area contributed by atoms with Crippen LogP contribution >= 0.6 is 0 Å². The summed E-state index contributed by atoms with van der Waals surface area (Å²) in [6.45, 7) is 2.53. The van der Waals surface area contributed by atoms with E-state index in [-0.39, 0.29) is 26.1 Å². The highest BCUT2D eigenvalue weighted by atomic mass is 16.7. The second-order valence-electron chi connectivity index (χ2n) is 18.7. The van der Waals surface area contributed by atoms with Gasteiger partial charge in [0.25, 0.3) is 0 Å². The molecule has 11 atom stereocenters. The van der Waals surface area contributed by atoms with E-state index in [1.807, 2.05) is 0 Å². The van der Waals surface area contributed by atoms with E-state index in [1.165, 1.54) is 89.9 Å². The van der Waals surface area contributed by atoms with Crippen molar-refractivity contribution < 1.29 is 73.8 Å². The Hall–Kier alpha value is -2.02. The van der Waals surface area contributed by atoms with Crippen molar-refractivity contribution in [2.24, 2.45) is 0 Å². The van der Waals surface area contributed by atoms with Gasteiger partial charge in [0.1, 0.15) is 55.4 Å². The summed E-state index contributed by atoms with van der Waals surface area (Å²) in [5.41, 5.74) is 0. The maximum Gasteiger partial charge on any atom is 0.306 e. The highest BCUT2D eigenvalue weighted by Gasteiger charge is 2.47. The van der Waals surface area contributed by atoms with Crippen LogP contribution in [0.5, 0.6) is 0 Å². The molecule has 0 aromatic heterocycles. The van der Waals surface area contributed by atoms with Crippen molar-refractivity contribution in [2.45, 2.75) is 268 Å². The Kier molecular flexibility index (Phi) is 36.2. The third-order valence-electron chi connectivity index (χ3n) is 12.7. The fraction of sp³-hybridized carbons (Fsp3) is 0.885. The van der Waals surface area contributed by atoms with Crippen LogP contribution < -0.4 is 0 Å². The van der Waals surface area contributed by atoms with Gasteiger partial charge in [-0.15, -0.1) is 0 Å². The quantitative estimate of drug-likeness (QED) is 0.0178. The number of rotatable bonds is 41. The molecular weight excluding hydrogens is 865 g/mol. The molecule has 2 heterocycles. The molecule has 2 fully saturated rings. The number of allylic oxidation sites excluding steroid dienone is 4. The molecule has 0 spiro atoms. The van der Waals surface area contributed by atoms with E-state index in [4.69, 9.17) is 28.4 Å². The molecule has 2 rings (SSSR count). The zero-order valence-electron chi connectivity index (χ0n) is 41.4. The molecule has 15 heteroatoms. The number of esters is 2.